The van der Waals surface area contributed by atoms with Gasteiger partial charge in [-0.1, -0.05) is 11.2 Å². The lowest BCUT2D eigenvalue weighted by Gasteiger charge is -2.16. The van der Waals surface area contributed by atoms with Crippen molar-refractivity contribution in [3.8, 4) is 5.75 Å². The van der Waals surface area contributed by atoms with Crippen molar-refractivity contribution in [3.63, 3.8) is 0 Å². The Morgan fingerprint density at radius 2 is 1.78 bits per heavy atom. The van der Waals surface area contributed by atoms with Gasteiger partial charge in [0, 0.05) is 65.6 Å². The summed E-state index contributed by atoms with van der Waals surface area (Å²) in [7, 11) is 1.62. The number of nitro groups is 1. The first kappa shape index (κ1) is 25.8. The monoisotopic (exact) mass is 503 g/mol. The zero-order valence-electron chi connectivity index (χ0n) is 21.5. The highest BCUT2D eigenvalue weighted by Gasteiger charge is 2.18. The number of benzene rings is 3. The fourth-order valence-electron chi connectivity index (χ4n) is 4.54. The normalized spacial score (nSPS) is 12.6. The lowest BCUT2D eigenvalue weighted by atomic mass is 9.96. The maximum absolute atomic E-state index is 11.6. The van der Waals surface area contributed by atoms with Crippen LogP contribution in [0.5, 0.6) is 5.75 Å². The van der Waals surface area contributed by atoms with Gasteiger partial charge < -0.3 is 18.9 Å². The molecule has 0 saturated carbocycles. The number of non-ortho nitro benzene ring substituents is 1. The first-order chi connectivity index (χ1) is 17.7. The standard InChI is InChI=1S/C28H29N3O6/c1-6-30-26-11-7-20(14-24(26)25-15-21(31(33)34)8-12-27(25)30)28(29-37-19(4)32)23-10-9-22(13-17(23)2)36-18(3)16-35-5/h7-15,18H,6,16H2,1-5H3/b29-28+. The van der Waals surface area contributed by atoms with Crippen molar-refractivity contribution in [1.82, 2.24) is 4.57 Å². The van der Waals surface area contributed by atoms with Crippen molar-refractivity contribution in [3.05, 3.63) is 81.4 Å². The molecular formula is C28H29N3O6. The molecule has 4 aromatic rings. The van der Waals surface area contributed by atoms with E-state index in [1.54, 1.807) is 19.2 Å². The molecule has 192 valence electrons. The van der Waals surface area contributed by atoms with Crippen LogP contribution in [-0.4, -0.2) is 41.0 Å². The van der Waals surface area contributed by atoms with Gasteiger partial charge in [0.25, 0.3) is 5.69 Å². The Bertz CT molecular complexity index is 1520. The van der Waals surface area contributed by atoms with E-state index < -0.39 is 10.9 Å². The summed E-state index contributed by atoms with van der Waals surface area (Å²) < 4.78 is 13.2. The smallest absolute Gasteiger partial charge is 0.332 e. The number of nitro benzene ring substituents is 1. The van der Waals surface area contributed by atoms with E-state index in [1.165, 1.54) is 13.0 Å². The van der Waals surface area contributed by atoms with Gasteiger partial charge in [-0.05, 0) is 62.7 Å². The highest BCUT2D eigenvalue weighted by Crippen LogP contribution is 2.33. The minimum Gasteiger partial charge on any atom is -0.488 e. The Morgan fingerprint density at radius 3 is 2.41 bits per heavy atom. The average molecular weight is 504 g/mol. The molecule has 1 atom stereocenters. The van der Waals surface area contributed by atoms with Crippen LogP contribution < -0.4 is 4.74 Å². The largest absolute Gasteiger partial charge is 0.488 e. The van der Waals surface area contributed by atoms with E-state index in [9.17, 15) is 14.9 Å². The number of aromatic nitrogens is 1. The van der Waals surface area contributed by atoms with Crippen LogP contribution in [0.3, 0.4) is 0 Å². The number of hydrogen-bond donors (Lipinski definition) is 0. The first-order valence-electron chi connectivity index (χ1n) is 12.0. The molecule has 0 bridgehead atoms. The zero-order chi connectivity index (χ0) is 26.7. The lowest BCUT2D eigenvalue weighted by Crippen LogP contribution is -2.18. The quantitative estimate of drug-likeness (QED) is 0.124. The molecule has 0 aliphatic heterocycles. The van der Waals surface area contributed by atoms with E-state index in [0.717, 1.165) is 32.9 Å². The molecule has 4 rings (SSSR count). The number of fused-ring (bicyclic) bond motifs is 3. The molecule has 0 aliphatic rings. The Kier molecular flexibility index (Phi) is 7.54. The second-order valence-corrected chi connectivity index (χ2v) is 8.82. The van der Waals surface area contributed by atoms with E-state index in [0.29, 0.717) is 30.2 Å². The number of oxime groups is 1. The van der Waals surface area contributed by atoms with Gasteiger partial charge in [-0.3, -0.25) is 10.1 Å². The highest BCUT2D eigenvalue weighted by molar-refractivity contribution is 6.17. The zero-order valence-corrected chi connectivity index (χ0v) is 21.5. The van der Waals surface area contributed by atoms with Gasteiger partial charge in [-0.25, -0.2) is 4.79 Å². The third-order valence-corrected chi connectivity index (χ3v) is 6.11. The van der Waals surface area contributed by atoms with Gasteiger partial charge >= 0.3 is 5.97 Å². The van der Waals surface area contributed by atoms with Crippen molar-refractivity contribution in [2.45, 2.75) is 40.3 Å². The molecule has 1 aromatic heterocycles. The van der Waals surface area contributed by atoms with Crippen LogP contribution in [0.25, 0.3) is 21.8 Å². The van der Waals surface area contributed by atoms with Crippen molar-refractivity contribution < 1.29 is 24.0 Å². The van der Waals surface area contributed by atoms with Gasteiger partial charge in [0.05, 0.1) is 11.5 Å². The SMILES string of the molecule is CCn1c2ccc(/C(=N\OC(C)=O)c3ccc(OC(C)COC)cc3C)cc2c2cc([N+](=O)[O-])ccc21. The molecule has 0 amide bonds. The van der Waals surface area contributed by atoms with Gasteiger partial charge in [0.1, 0.15) is 17.6 Å². The van der Waals surface area contributed by atoms with Crippen LogP contribution in [-0.2, 0) is 20.9 Å². The van der Waals surface area contributed by atoms with Gasteiger partial charge in [-0.2, -0.15) is 0 Å². The molecule has 0 N–H and O–H groups in total. The third-order valence-electron chi connectivity index (χ3n) is 6.11. The van der Waals surface area contributed by atoms with Crippen LogP contribution in [0.2, 0.25) is 0 Å². The fraction of sp³-hybridized carbons (Fsp3) is 0.286. The Balaban J connectivity index is 1.86. The summed E-state index contributed by atoms with van der Waals surface area (Å²) in [6.07, 6.45) is -0.119. The van der Waals surface area contributed by atoms with Gasteiger partial charge in [-0.15, -0.1) is 0 Å². The second kappa shape index (κ2) is 10.8. The Morgan fingerprint density at radius 1 is 1.08 bits per heavy atom. The molecule has 3 aromatic carbocycles. The fourth-order valence-corrected chi connectivity index (χ4v) is 4.54. The number of ether oxygens (including phenoxy) is 2. The molecule has 1 heterocycles. The summed E-state index contributed by atoms with van der Waals surface area (Å²) in [6, 6.07) is 16.3. The molecule has 0 fully saturated rings. The summed E-state index contributed by atoms with van der Waals surface area (Å²) in [6.45, 7) is 8.34. The molecule has 0 radical (unpaired) electrons. The van der Waals surface area contributed by atoms with Gasteiger partial charge in [0.2, 0.25) is 0 Å². The second-order valence-electron chi connectivity index (χ2n) is 8.82. The number of nitrogens with zero attached hydrogens (tertiary/aromatic N) is 3. The molecule has 1 unspecified atom stereocenters. The maximum atomic E-state index is 11.6. The van der Waals surface area contributed by atoms with Gasteiger partial charge in [0.15, 0.2) is 0 Å². The van der Waals surface area contributed by atoms with E-state index in [-0.39, 0.29) is 11.8 Å². The number of hydrogen-bond acceptors (Lipinski definition) is 7. The predicted molar refractivity (Wildman–Crippen MR) is 142 cm³/mol. The molecule has 0 saturated heterocycles. The summed E-state index contributed by atoms with van der Waals surface area (Å²) in [5.41, 5.74) is 4.69. The van der Waals surface area contributed by atoms with Crippen LogP contribution in [0, 0.1) is 17.0 Å². The highest BCUT2D eigenvalue weighted by atomic mass is 16.7. The third kappa shape index (κ3) is 5.31. The maximum Gasteiger partial charge on any atom is 0.332 e. The molecule has 9 nitrogen and oxygen atoms in total. The minimum absolute atomic E-state index is 0.0241. The molecule has 0 aliphatic carbocycles. The number of carbonyl (C=O) groups is 1. The van der Waals surface area contributed by atoms with Crippen molar-refractivity contribution in [2.24, 2.45) is 5.16 Å². The Hall–Kier alpha value is -4.24. The molecule has 37 heavy (non-hydrogen) atoms. The van der Waals surface area contributed by atoms with Crippen LogP contribution >= 0.6 is 0 Å². The lowest BCUT2D eigenvalue weighted by molar-refractivity contribution is -0.384. The van der Waals surface area contributed by atoms with Crippen LogP contribution in [0.15, 0.2) is 59.8 Å². The molecule has 0 spiro atoms. The van der Waals surface area contributed by atoms with Crippen molar-refractivity contribution in [2.75, 3.05) is 13.7 Å². The van der Waals surface area contributed by atoms with E-state index >= 15 is 0 Å². The Labute approximate surface area is 214 Å². The predicted octanol–water partition coefficient (Wildman–Crippen LogP) is 5.76. The number of rotatable bonds is 9. The summed E-state index contributed by atoms with van der Waals surface area (Å²) in [4.78, 5) is 27.8. The number of aryl methyl sites for hydroxylation is 2. The average Bonchev–Trinajstić information content (AvgIpc) is 3.17. The van der Waals surface area contributed by atoms with E-state index in [4.69, 9.17) is 14.3 Å². The van der Waals surface area contributed by atoms with Crippen molar-refractivity contribution >= 4 is 39.2 Å². The first-order valence-corrected chi connectivity index (χ1v) is 12.0. The minimum atomic E-state index is -0.539. The summed E-state index contributed by atoms with van der Waals surface area (Å²) in [5, 5.41) is 17.3. The molecule has 9 heteroatoms. The summed E-state index contributed by atoms with van der Waals surface area (Å²) in [5.74, 6) is 0.147. The van der Waals surface area contributed by atoms with E-state index in [2.05, 4.69) is 9.72 Å². The number of methoxy groups -OCH3 is 1. The summed E-state index contributed by atoms with van der Waals surface area (Å²) >= 11 is 0. The van der Waals surface area contributed by atoms with E-state index in [1.807, 2.05) is 57.2 Å². The van der Waals surface area contributed by atoms with Crippen molar-refractivity contribution in [1.29, 1.82) is 0 Å². The topological polar surface area (TPSA) is 105 Å². The van der Waals surface area contributed by atoms with Crippen LogP contribution in [0.4, 0.5) is 5.69 Å². The van der Waals surface area contributed by atoms with Crippen LogP contribution in [0.1, 0.15) is 37.5 Å². The molecular weight excluding hydrogens is 474 g/mol. The number of carbonyl (C=O) groups excluding carboxylic acids is 1.